The van der Waals surface area contributed by atoms with Gasteiger partial charge in [-0.1, -0.05) is 6.07 Å². The number of para-hydroxylation sites is 1. The summed E-state index contributed by atoms with van der Waals surface area (Å²) >= 11 is 5.44. The van der Waals surface area contributed by atoms with Crippen LogP contribution in [0, 0.1) is 11.6 Å². The van der Waals surface area contributed by atoms with Gasteiger partial charge in [-0.3, -0.25) is 0 Å². The molecule has 0 heterocycles. The first-order chi connectivity index (χ1) is 6.75. The van der Waals surface area contributed by atoms with E-state index in [4.69, 9.17) is 16.3 Å². The summed E-state index contributed by atoms with van der Waals surface area (Å²) < 4.78 is 30.9. The summed E-state index contributed by atoms with van der Waals surface area (Å²) in [6, 6.07) is 3.64. The molecule has 0 aliphatic heterocycles. The highest BCUT2D eigenvalue weighted by molar-refractivity contribution is 6.17. The molecular formula is C10H11ClF2O. The van der Waals surface area contributed by atoms with Crippen LogP contribution in [0.25, 0.3) is 0 Å². The van der Waals surface area contributed by atoms with Gasteiger partial charge in [0, 0.05) is 5.88 Å². The van der Waals surface area contributed by atoms with E-state index < -0.39 is 11.6 Å². The van der Waals surface area contributed by atoms with Gasteiger partial charge in [0.15, 0.2) is 17.4 Å². The van der Waals surface area contributed by atoms with Gasteiger partial charge >= 0.3 is 0 Å². The number of hydrogen-bond donors (Lipinski definition) is 0. The van der Waals surface area contributed by atoms with Crippen molar-refractivity contribution in [3.05, 3.63) is 29.8 Å². The Kier molecular flexibility index (Phi) is 4.66. The number of alkyl halides is 1. The van der Waals surface area contributed by atoms with Crippen LogP contribution in [0.3, 0.4) is 0 Å². The molecule has 0 spiro atoms. The molecule has 0 saturated carbocycles. The summed E-state index contributed by atoms with van der Waals surface area (Å²) in [6.45, 7) is 0.282. The van der Waals surface area contributed by atoms with Crippen LogP contribution >= 0.6 is 11.6 Å². The largest absolute Gasteiger partial charge is 0.488 e. The fourth-order valence-corrected chi connectivity index (χ4v) is 1.18. The Labute approximate surface area is 86.6 Å². The Morgan fingerprint density at radius 1 is 1.14 bits per heavy atom. The van der Waals surface area contributed by atoms with Crippen molar-refractivity contribution >= 4 is 11.6 Å². The molecule has 0 unspecified atom stereocenters. The smallest absolute Gasteiger partial charge is 0.190 e. The number of ether oxygens (including phenoxy) is 1. The summed E-state index contributed by atoms with van der Waals surface area (Å²) in [5.74, 6) is -1.11. The molecule has 0 aliphatic rings. The van der Waals surface area contributed by atoms with E-state index in [0.717, 1.165) is 6.42 Å². The topological polar surface area (TPSA) is 9.23 Å². The van der Waals surface area contributed by atoms with Crippen LogP contribution in [0.4, 0.5) is 8.78 Å². The molecule has 0 fully saturated rings. The Morgan fingerprint density at radius 2 is 1.79 bits per heavy atom. The van der Waals surface area contributed by atoms with Crippen LogP contribution in [0.15, 0.2) is 18.2 Å². The Morgan fingerprint density at radius 3 is 2.36 bits per heavy atom. The van der Waals surface area contributed by atoms with E-state index in [0.29, 0.717) is 12.3 Å². The van der Waals surface area contributed by atoms with Crippen molar-refractivity contribution in [3.8, 4) is 5.75 Å². The minimum absolute atomic E-state index is 0.282. The van der Waals surface area contributed by atoms with Crippen molar-refractivity contribution in [2.24, 2.45) is 0 Å². The van der Waals surface area contributed by atoms with Gasteiger partial charge in [0.1, 0.15) is 0 Å². The van der Waals surface area contributed by atoms with Gasteiger partial charge < -0.3 is 4.74 Å². The monoisotopic (exact) mass is 220 g/mol. The molecule has 1 aromatic carbocycles. The summed E-state index contributed by atoms with van der Waals surface area (Å²) in [5, 5.41) is 0. The second-order valence-corrected chi connectivity index (χ2v) is 3.17. The van der Waals surface area contributed by atoms with Crippen LogP contribution in [0.5, 0.6) is 5.75 Å². The third kappa shape index (κ3) is 3.14. The van der Waals surface area contributed by atoms with Gasteiger partial charge in [-0.2, -0.15) is 0 Å². The second kappa shape index (κ2) is 5.81. The van der Waals surface area contributed by atoms with Crippen LogP contribution in [-0.2, 0) is 0 Å². The van der Waals surface area contributed by atoms with Gasteiger partial charge in [0.2, 0.25) is 0 Å². The maximum Gasteiger partial charge on any atom is 0.190 e. The molecule has 0 radical (unpaired) electrons. The normalized spacial score (nSPS) is 10.2. The Balaban J connectivity index is 2.49. The summed E-state index contributed by atoms with van der Waals surface area (Å²) in [7, 11) is 0. The fourth-order valence-electron chi connectivity index (χ4n) is 0.991. The van der Waals surface area contributed by atoms with E-state index in [1.54, 1.807) is 0 Å². The lowest BCUT2D eigenvalue weighted by atomic mass is 10.3. The van der Waals surface area contributed by atoms with Crippen LogP contribution in [0.1, 0.15) is 12.8 Å². The van der Waals surface area contributed by atoms with Gasteiger partial charge in [-0.25, -0.2) is 8.78 Å². The van der Waals surface area contributed by atoms with Crippen molar-refractivity contribution < 1.29 is 13.5 Å². The Hall–Kier alpha value is -0.830. The first kappa shape index (κ1) is 11.2. The molecule has 0 N–H and O–H groups in total. The van der Waals surface area contributed by atoms with Crippen LogP contribution in [0.2, 0.25) is 0 Å². The maximum absolute atomic E-state index is 13.0. The molecule has 1 aromatic rings. The molecule has 14 heavy (non-hydrogen) atoms. The quantitative estimate of drug-likeness (QED) is 0.546. The predicted molar refractivity (Wildman–Crippen MR) is 51.8 cm³/mol. The second-order valence-electron chi connectivity index (χ2n) is 2.80. The number of benzene rings is 1. The van der Waals surface area contributed by atoms with E-state index in [1.165, 1.54) is 18.2 Å². The lowest BCUT2D eigenvalue weighted by Gasteiger charge is -2.06. The van der Waals surface area contributed by atoms with E-state index in [9.17, 15) is 8.78 Å². The van der Waals surface area contributed by atoms with Gasteiger partial charge in [-0.05, 0) is 25.0 Å². The summed E-state index contributed by atoms with van der Waals surface area (Å²) in [6.07, 6.45) is 1.47. The zero-order valence-electron chi connectivity index (χ0n) is 7.60. The van der Waals surface area contributed by atoms with E-state index >= 15 is 0 Å². The maximum atomic E-state index is 13.0. The highest BCUT2D eigenvalue weighted by Crippen LogP contribution is 2.20. The first-order valence-corrected chi connectivity index (χ1v) is 4.92. The molecule has 0 atom stereocenters. The average Bonchev–Trinajstić information content (AvgIpc) is 2.16. The van der Waals surface area contributed by atoms with E-state index in [2.05, 4.69) is 0 Å². The lowest BCUT2D eigenvalue weighted by Crippen LogP contribution is -2.01. The van der Waals surface area contributed by atoms with Crippen molar-refractivity contribution in [2.75, 3.05) is 12.5 Å². The number of unbranched alkanes of at least 4 members (excludes halogenated alkanes) is 1. The molecule has 0 saturated heterocycles. The standard InChI is InChI=1S/C10H11ClF2O/c11-6-1-2-7-14-10-8(12)4-3-5-9(10)13/h3-5H,1-2,6-7H2. The highest BCUT2D eigenvalue weighted by atomic mass is 35.5. The third-order valence-electron chi connectivity index (χ3n) is 1.69. The summed E-state index contributed by atoms with van der Waals surface area (Å²) in [4.78, 5) is 0. The van der Waals surface area contributed by atoms with Crippen molar-refractivity contribution in [1.29, 1.82) is 0 Å². The molecule has 4 heteroatoms. The van der Waals surface area contributed by atoms with Gasteiger partial charge in [0.05, 0.1) is 6.61 Å². The highest BCUT2D eigenvalue weighted by Gasteiger charge is 2.08. The van der Waals surface area contributed by atoms with Crippen molar-refractivity contribution in [1.82, 2.24) is 0 Å². The van der Waals surface area contributed by atoms with Crippen molar-refractivity contribution in [3.63, 3.8) is 0 Å². The minimum Gasteiger partial charge on any atom is -0.488 e. The van der Waals surface area contributed by atoms with Crippen LogP contribution < -0.4 is 4.74 Å². The lowest BCUT2D eigenvalue weighted by molar-refractivity contribution is 0.279. The fraction of sp³-hybridized carbons (Fsp3) is 0.400. The number of halogens is 3. The molecule has 0 amide bonds. The van der Waals surface area contributed by atoms with Crippen LogP contribution in [-0.4, -0.2) is 12.5 Å². The molecule has 0 bridgehead atoms. The molecule has 0 aliphatic carbocycles. The SMILES string of the molecule is Fc1cccc(F)c1OCCCCCl. The first-order valence-electron chi connectivity index (χ1n) is 4.38. The molecule has 1 rings (SSSR count). The minimum atomic E-state index is -0.670. The molecule has 0 aromatic heterocycles. The number of rotatable bonds is 5. The average molecular weight is 221 g/mol. The zero-order chi connectivity index (χ0) is 10.4. The Bertz CT molecular complexity index is 271. The third-order valence-corrected chi connectivity index (χ3v) is 1.96. The molecule has 1 nitrogen and oxygen atoms in total. The predicted octanol–water partition coefficient (Wildman–Crippen LogP) is 3.36. The zero-order valence-corrected chi connectivity index (χ0v) is 8.36. The van der Waals surface area contributed by atoms with Crippen molar-refractivity contribution in [2.45, 2.75) is 12.8 Å². The number of hydrogen-bond acceptors (Lipinski definition) is 1. The van der Waals surface area contributed by atoms with E-state index in [1.807, 2.05) is 0 Å². The molecule has 78 valence electrons. The van der Waals surface area contributed by atoms with E-state index in [-0.39, 0.29) is 12.4 Å². The van der Waals surface area contributed by atoms with Gasteiger partial charge in [0.25, 0.3) is 0 Å². The molecular weight excluding hydrogens is 210 g/mol. The summed E-state index contributed by atoms with van der Waals surface area (Å²) in [5.41, 5.74) is 0. The van der Waals surface area contributed by atoms with Gasteiger partial charge in [-0.15, -0.1) is 11.6 Å².